The molecule has 0 unspecified atom stereocenters. The number of benzene rings is 1. The number of carboxylic acids is 1. The van der Waals surface area contributed by atoms with Crippen molar-refractivity contribution in [1.29, 1.82) is 0 Å². The quantitative estimate of drug-likeness (QED) is 0.897. The number of rotatable bonds is 4. The molecule has 1 aliphatic rings. The Morgan fingerprint density at radius 3 is 2.62 bits per heavy atom. The minimum atomic E-state index is -1.00. The number of aromatic carboxylic acids is 1. The van der Waals surface area contributed by atoms with Crippen molar-refractivity contribution in [3.63, 3.8) is 0 Å². The molecule has 1 aromatic carbocycles. The number of hydrogen-bond acceptors (Lipinski definition) is 3. The summed E-state index contributed by atoms with van der Waals surface area (Å²) in [5.41, 5.74) is 4.34. The Hall–Kier alpha value is -2.23. The van der Waals surface area contributed by atoms with Crippen LogP contribution in [0, 0.1) is 6.92 Å². The molecule has 24 heavy (non-hydrogen) atoms. The van der Waals surface area contributed by atoms with Gasteiger partial charge in [0.05, 0.1) is 6.61 Å². The van der Waals surface area contributed by atoms with Crippen LogP contribution in [-0.2, 0) is 18.3 Å². The molecule has 0 amide bonds. The standard InChI is InChI=1S/C20H24O4/c1-5-13-9-15(24-18(13)19(21)22)10-14-11-16-17(8-12(14)2)23-7-6-20(16,3)4/h8-9,11H,5-7,10H2,1-4H3,(H,21,22). The van der Waals surface area contributed by atoms with Crippen LogP contribution < -0.4 is 4.74 Å². The molecular weight excluding hydrogens is 304 g/mol. The van der Waals surface area contributed by atoms with Crippen molar-refractivity contribution < 1.29 is 19.1 Å². The molecule has 0 saturated carbocycles. The fourth-order valence-electron chi connectivity index (χ4n) is 3.32. The zero-order valence-electron chi connectivity index (χ0n) is 14.7. The topological polar surface area (TPSA) is 59.7 Å². The van der Waals surface area contributed by atoms with Crippen LogP contribution in [0.25, 0.3) is 0 Å². The molecule has 4 nitrogen and oxygen atoms in total. The summed E-state index contributed by atoms with van der Waals surface area (Å²) in [6.07, 6.45) is 2.23. The zero-order valence-corrected chi connectivity index (χ0v) is 14.7. The molecule has 0 bridgehead atoms. The van der Waals surface area contributed by atoms with Gasteiger partial charge >= 0.3 is 5.97 Å². The van der Waals surface area contributed by atoms with E-state index in [0.29, 0.717) is 18.6 Å². The van der Waals surface area contributed by atoms with E-state index >= 15 is 0 Å². The lowest BCUT2D eigenvalue weighted by molar-refractivity contribution is 0.0659. The first kappa shape index (κ1) is 16.6. The summed E-state index contributed by atoms with van der Waals surface area (Å²) in [6.45, 7) is 9.21. The maximum Gasteiger partial charge on any atom is 0.372 e. The third kappa shape index (κ3) is 2.93. The maximum absolute atomic E-state index is 11.3. The molecule has 0 radical (unpaired) electrons. The third-order valence-corrected chi connectivity index (χ3v) is 4.95. The summed E-state index contributed by atoms with van der Waals surface area (Å²) in [5, 5.41) is 9.25. The molecule has 1 aromatic heterocycles. The molecule has 3 rings (SSSR count). The van der Waals surface area contributed by atoms with Gasteiger partial charge in [0.2, 0.25) is 5.76 Å². The summed E-state index contributed by atoms with van der Waals surface area (Å²) < 4.78 is 11.4. The van der Waals surface area contributed by atoms with E-state index in [0.717, 1.165) is 35.5 Å². The summed E-state index contributed by atoms with van der Waals surface area (Å²) in [7, 11) is 0. The lowest BCUT2D eigenvalue weighted by Crippen LogP contribution is -2.27. The van der Waals surface area contributed by atoms with Crippen molar-refractivity contribution in [2.75, 3.05) is 6.61 Å². The number of fused-ring (bicyclic) bond motifs is 1. The first-order chi connectivity index (χ1) is 11.3. The predicted molar refractivity (Wildman–Crippen MR) is 92.2 cm³/mol. The molecule has 2 heterocycles. The van der Waals surface area contributed by atoms with E-state index in [1.54, 1.807) is 0 Å². The van der Waals surface area contributed by atoms with Gasteiger partial charge in [0, 0.05) is 17.5 Å². The Morgan fingerprint density at radius 2 is 2.00 bits per heavy atom. The fraction of sp³-hybridized carbons (Fsp3) is 0.450. The average molecular weight is 328 g/mol. The van der Waals surface area contributed by atoms with Crippen LogP contribution in [-0.4, -0.2) is 17.7 Å². The smallest absolute Gasteiger partial charge is 0.372 e. The molecule has 4 heteroatoms. The second-order valence-electron chi connectivity index (χ2n) is 7.16. The molecule has 2 aromatic rings. The molecule has 0 aliphatic carbocycles. The van der Waals surface area contributed by atoms with E-state index in [2.05, 4.69) is 32.9 Å². The number of furan rings is 1. The van der Waals surface area contributed by atoms with Crippen molar-refractivity contribution in [2.45, 2.75) is 52.4 Å². The Balaban J connectivity index is 1.98. The third-order valence-electron chi connectivity index (χ3n) is 4.95. The van der Waals surface area contributed by atoms with E-state index in [4.69, 9.17) is 9.15 Å². The zero-order chi connectivity index (χ0) is 17.5. The number of ether oxygens (including phenoxy) is 1. The highest BCUT2D eigenvalue weighted by molar-refractivity contribution is 5.86. The maximum atomic E-state index is 11.3. The van der Waals surface area contributed by atoms with E-state index in [-0.39, 0.29) is 11.2 Å². The molecule has 0 spiro atoms. The lowest BCUT2D eigenvalue weighted by atomic mass is 9.78. The highest BCUT2D eigenvalue weighted by Gasteiger charge is 2.29. The van der Waals surface area contributed by atoms with Gasteiger partial charge in [0.25, 0.3) is 0 Å². The van der Waals surface area contributed by atoms with Crippen LogP contribution in [0.2, 0.25) is 0 Å². The van der Waals surface area contributed by atoms with Gasteiger partial charge in [0.1, 0.15) is 11.5 Å². The molecule has 1 aliphatic heterocycles. The number of carbonyl (C=O) groups is 1. The largest absolute Gasteiger partial charge is 0.493 e. The number of aryl methyl sites for hydroxylation is 2. The van der Waals surface area contributed by atoms with Crippen LogP contribution in [0.5, 0.6) is 5.75 Å². The van der Waals surface area contributed by atoms with Crippen LogP contribution in [0.4, 0.5) is 0 Å². The second-order valence-corrected chi connectivity index (χ2v) is 7.16. The monoisotopic (exact) mass is 328 g/mol. The summed E-state index contributed by atoms with van der Waals surface area (Å²) in [5.74, 6) is 0.718. The van der Waals surface area contributed by atoms with Gasteiger partial charge in [-0.2, -0.15) is 0 Å². The molecule has 128 valence electrons. The van der Waals surface area contributed by atoms with Gasteiger partial charge in [-0.25, -0.2) is 4.79 Å². The van der Waals surface area contributed by atoms with Gasteiger partial charge in [-0.15, -0.1) is 0 Å². The van der Waals surface area contributed by atoms with Crippen LogP contribution in [0.1, 0.15) is 65.8 Å². The fourth-order valence-corrected chi connectivity index (χ4v) is 3.32. The molecular formula is C20H24O4. The highest BCUT2D eigenvalue weighted by atomic mass is 16.5. The van der Waals surface area contributed by atoms with E-state index in [1.165, 1.54) is 5.56 Å². The van der Waals surface area contributed by atoms with Gasteiger partial charge < -0.3 is 14.3 Å². The van der Waals surface area contributed by atoms with Crippen LogP contribution in [0.3, 0.4) is 0 Å². The average Bonchev–Trinajstić information content (AvgIpc) is 2.92. The van der Waals surface area contributed by atoms with E-state index < -0.39 is 5.97 Å². The second kappa shape index (κ2) is 6.00. The van der Waals surface area contributed by atoms with Crippen molar-refractivity contribution in [3.8, 4) is 5.75 Å². The molecule has 0 fully saturated rings. The first-order valence-corrected chi connectivity index (χ1v) is 8.43. The highest BCUT2D eigenvalue weighted by Crippen LogP contribution is 2.40. The molecule has 0 atom stereocenters. The van der Waals surface area contributed by atoms with Crippen molar-refractivity contribution in [1.82, 2.24) is 0 Å². The molecule has 0 saturated heterocycles. The lowest BCUT2D eigenvalue weighted by Gasteiger charge is -2.33. The Kier molecular flexibility index (Phi) is 4.16. The van der Waals surface area contributed by atoms with Gasteiger partial charge in [-0.3, -0.25) is 0 Å². The Morgan fingerprint density at radius 1 is 1.25 bits per heavy atom. The van der Waals surface area contributed by atoms with Crippen molar-refractivity contribution in [2.24, 2.45) is 0 Å². The number of carboxylic acid groups (broad SMARTS) is 1. The molecule has 1 N–H and O–H groups in total. The SMILES string of the molecule is CCc1cc(Cc2cc3c(cc2C)OCCC3(C)C)oc1C(=O)O. The van der Waals surface area contributed by atoms with E-state index in [1.807, 2.05) is 13.0 Å². The summed E-state index contributed by atoms with van der Waals surface area (Å²) in [4.78, 5) is 11.3. The summed E-state index contributed by atoms with van der Waals surface area (Å²) in [6, 6.07) is 6.15. The Bertz CT molecular complexity index is 783. The van der Waals surface area contributed by atoms with Crippen LogP contribution in [0.15, 0.2) is 22.6 Å². The van der Waals surface area contributed by atoms with E-state index in [9.17, 15) is 9.90 Å². The van der Waals surface area contributed by atoms with Gasteiger partial charge in [-0.05, 0) is 48.4 Å². The minimum absolute atomic E-state index is 0.0618. The first-order valence-electron chi connectivity index (χ1n) is 8.43. The Labute approximate surface area is 142 Å². The minimum Gasteiger partial charge on any atom is -0.493 e. The van der Waals surface area contributed by atoms with Gasteiger partial charge in [0.15, 0.2) is 0 Å². The van der Waals surface area contributed by atoms with Crippen molar-refractivity contribution in [3.05, 3.63) is 52.0 Å². The normalized spacial score (nSPS) is 15.7. The van der Waals surface area contributed by atoms with Gasteiger partial charge in [-0.1, -0.05) is 26.8 Å². The van der Waals surface area contributed by atoms with Crippen molar-refractivity contribution >= 4 is 5.97 Å². The van der Waals surface area contributed by atoms with Crippen LogP contribution >= 0.6 is 0 Å². The summed E-state index contributed by atoms with van der Waals surface area (Å²) >= 11 is 0. The predicted octanol–water partition coefficient (Wildman–Crippen LogP) is 4.50. The number of hydrogen-bond donors (Lipinski definition) is 1.